The summed E-state index contributed by atoms with van der Waals surface area (Å²) in [5, 5.41) is 3.12. The van der Waals surface area contributed by atoms with Crippen LogP contribution in [-0.2, 0) is 20.4 Å². The van der Waals surface area contributed by atoms with E-state index < -0.39 is 17.0 Å². The molecule has 1 fully saturated rings. The van der Waals surface area contributed by atoms with Gasteiger partial charge in [0, 0.05) is 61.8 Å². The van der Waals surface area contributed by atoms with Gasteiger partial charge in [0.1, 0.15) is 33.3 Å². The number of carbonyl (C=O) groups is 3. The van der Waals surface area contributed by atoms with Crippen molar-refractivity contribution in [2.24, 2.45) is 0 Å². The number of ether oxygens (including phenoxy) is 2. The molecule has 0 unspecified atom stereocenters. The Morgan fingerprint density at radius 2 is 1.48 bits per heavy atom. The lowest BCUT2D eigenvalue weighted by Crippen LogP contribution is -2.47. The molecule has 12 nitrogen and oxygen atoms in total. The van der Waals surface area contributed by atoms with Crippen LogP contribution in [0.25, 0.3) is 11.0 Å². The third kappa shape index (κ3) is 10.0. The number of aryl methyl sites for hydroxylation is 1. The third-order valence-electron chi connectivity index (χ3n) is 12.2. The predicted octanol–water partition coefficient (Wildman–Crippen LogP) is 7.94. The largest absolute Gasteiger partial charge is 0.496 e. The Balaban J connectivity index is 1.09. The van der Waals surface area contributed by atoms with E-state index in [-0.39, 0.29) is 23.1 Å². The summed E-state index contributed by atoms with van der Waals surface area (Å²) in [4.78, 5) is 52.0. The van der Waals surface area contributed by atoms with E-state index in [1.807, 2.05) is 84.6 Å². The lowest BCUT2D eigenvalue weighted by molar-refractivity contribution is -0.132. The van der Waals surface area contributed by atoms with E-state index >= 15 is 0 Å². The summed E-state index contributed by atoms with van der Waals surface area (Å²) in [5.74, 6) is 1.15. The highest BCUT2D eigenvalue weighted by atomic mass is 28.2. The van der Waals surface area contributed by atoms with Crippen molar-refractivity contribution >= 4 is 50.6 Å². The fourth-order valence-corrected chi connectivity index (χ4v) is 9.23. The minimum atomic E-state index is -1.04. The minimum absolute atomic E-state index is 0.222. The van der Waals surface area contributed by atoms with Crippen LogP contribution in [-0.4, -0.2) is 102 Å². The standard InChI is InChI=1S/C52H62N6O6Si/c1-36-25-28-42(45(34-36)63-33-16-10-15-24-46(59)57-31-29-55(5)30-32-57)56(6)49(61)37-26-27-40(44(35-37)62-7)48(60)53-41-22-17-23-43-47(41)54-50(51(2,3)4)58(43)52(64-65,38-18-11-8-12-19-38)39-20-13-9-14-21-39/h8-9,11-14,17-23,25-28,34-35H,10,15-16,24,29-33H2,1-7,65H3,(H,53,60). The van der Waals surface area contributed by atoms with Gasteiger partial charge in [-0.2, -0.15) is 0 Å². The average molecular weight is 895 g/mol. The number of nitrogens with one attached hydrogen (secondary N) is 1. The Hall–Kier alpha value is -6.28. The van der Waals surface area contributed by atoms with Gasteiger partial charge in [0.25, 0.3) is 11.8 Å². The van der Waals surface area contributed by atoms with Crippen molar-refractivity contribution < 1.29 is 28.3 Å². The molecule has 1 N–H and O–H groups in total. The number of methoxy groups -OCH3 is 1. The second kappa shape index (κ2) is 20.3. The number of aromatic nitrogens is 2. The molecule has 6 aromatic rings. The number of rotatable bonds is 16. The number of hydrogen-bond acceptors (Lipinski definition) is 8. The summed E-state index contributed by atoms with van der Waals surface area (Å²) in [6, 6.07) is 36.7. The first-order valence-corrected chi connectivity index (χ1v) is 23.2. The molecule has 65 heavy (non-hydrogen) atoms. The predicted molar refractivity (Wildman–Crippen MR) is 261 cm³/mol. The molecule has 5 aromatic carbocycles. The van der Waals surface area contributed by atoms with E-state index in [9.17, 15) is 14.4 Å². The molecule has 2 heterocycles. The summed E-state index contributed by atoms with van der Waals surface area (Å²) >= 11 is 0. The van der Waals surface area contributed by atoms with Gasteiger partial charge in [0.2, 0.25) is 5.91 Å². The fraction of sp³-hybridized carbons (Fsp3) is 0.346. The van der Waals surface area contributed by atoms with Gasteiger partial charge in [0.15, 0.2) is 5.72 Å². The monoisotopic (exact) mass is 894 g/mol. The van der Waals surface area contributed by atoms with Crippen LogP contribution in [0.3, 0.4) is 0 Å². The maximum Gasteiger partial charge on any atom is 0.259 e. The Morgan fingerprint density at radius 3 is 2.11 bits per heavy atom. The zero-order valence-corrected chi connectivity index (χ0v) is 41.0. The first-order valence-electron chi connectivity index (χ1n) is 22.4. The van der Waals surface area contributed by atoms with E-state index in [1.165, 1.54) is 7.11 Å². The smallest absolute Gasteiger partial charge is 0.259 e. The zero-order valence-electron chi connectivity index (χ0n) is 39.0. The van der Waals surface area contributed by atoms with E-state index in [0.717, 1.165) is 73.5 Å². The Labute approximate surface area is 386 Å². The highest BCUT2D eigenvalue weighted by molar-refractivity contribution is 6.11. The Kier molecular flexibility index (Phi) is 14.6. The molecule has 3 amide bonds. The molecule has 0 radical (unpaired) electrons. The molecule has 0 bridgehead atoms. The number of amides is 3. The van der Waals surface area contributed by atoms with Gasteiger partial charge in [-0.3, -0.25) is 19.0 Å². The highest BCUT2D eigenvalue weighted by Gasteiger charge is 2.42. The number of hydrogen-bond donors (Lipinski definition) is 1. The number of carbonyl (C=O) groups excluding carboxylic acids is 3. The van der Waals surface area contributed by atoms with Crippen LogP contribution < -0.4 is 19.7 Å². The molecule has 0 atom stereocenters. The fourth-order valence-electron chi connectivity index (χ4n) is 8.57. The second-order valence-electron chi connectivity index (χ2n) is 17.8. The molecular formula is C52H62N6O6Si. The minimum Gasteiger partial charge on any atom is -0.496 e. The molecule has 0 saturated carbocycles. The summed E-state index contributed by atoms with van der Waals surface area (Å²) in [7, 11) is 5.69. The maximum atomic E-state index is 14.2. The van der Waals surface area contributed by atoms with Crippen molar-refractivity contribution in [3.8, 4) is 11.5 Å². The molecule has 1 aromatic heterocycles. The van der Waals surface area contributed by atoms with Gasteiger partial charge in [-0.1, -0.05) is 93.6 Å². The summed E-state index contributed by atoms with van der Waals surface area (Å²) in [6.45, 7) is 12.2. The van der Waals surface area contributed by atoms with Crippen LogP contribution in [0.15, 0.2) is 115 Å². The number of unbranched alkanes of at least 4 members (excludes halogenated alkanes) is 2. The van der Waals surface area contributed by atoms with Gasteiger partial charge in [0.05, 0.1) is 36.2 Å². The molecule has 340 valence electrons. The quantitative estimate of drug-likeness (QED) is 0.0770. The molecule has 0 spiro atoms. The Bertz CT molecular complexity index is 2580. The van der Waals surface area contributed by atoms with Gasteiger partial charge >= 0.3 is 0 Å². The van der Waals surface area contributed by atoms with E-state index in [4.69, 9.17) is 18.9 Å². The summed E-state index contributed by atoms with van der Waals surface area (Å²) in [6.07, 6.45) is 3.00. The molecule has 1 aliphatic heterocycles. The maximum absolute atomic E-state index is 14.2. The summed E-state index contributed by atoms with van der Waals surface area (Å²) in [5.41, 5.74) is 4.59. The van der Waals surface area contributed by atoms with E-state index in [1.54, 1.807) is 30.1 Å². The van der Waals surface area contributed by atoms with Crippen molar-refractivity contribution in [3.05, 3.63) is 149 Å². The number of imidazole rings is 1. The van der Waals surface area contributed by atoms with Crippen LogP contribution in [0.2, 0.25) is 0 Å². The first-order chi connectivity index (χ1) is 31.3. The number of para-hydroxylation sites is 1. The Morgan fingerprint density at radius 1 is 0.800 bits per heavy atom. The van der Waals surface area contributed by atoms with Gasteiger partial charge in [-0.05, 0) is 81.3 Å². The number of piperazine rings is 1. The molecule has 13 heteroatoms. The second-order valence-corrected chi connectivity index (χ2v) is 18.2. The number of nitrogens with zero attached hydrogens (tertiary/aromatic N) is 5. The van der Waals surface area contributed by atoms with Crippen molar-refractivity contribution in [1.29, 1.82) is 0 Å². The normalized spacial score (nSPS) is 13.5. The van der Waals surface area contributed by atoms with Crippen LogP contribution in [0.4, 0.5) is 11.4 Å². The molecule has 0 aliphatic carbocycles. The molecule has 1 saturated heterocycles. The van der Waals surface area contributed by atoms with Crippen molar-refractivity contribution in [2.45, 2.75) is 64.5 Å². The van der Waals surface area contributed by atoms with Crippen LogP contribution in [0, 0.1) is 6.92 Å². The van der Waals surface area contributed by atoms with E-state index in [2.05, 4.69) is 66.9 Å². The number of likely N-dealkylation sites (N-methyl/N-ethyl adjacent to an activating group) is 1. The topological polar surface area (TPSA) is 118 Å². The SMILES string of the molecule is COc1cc(C(=O)N(C)c2ccc(C)cc2OCCCCCC(=O)N2CCN(C)CC2)ccc1C(=O)Nc1cccc2c1nc(C(C)(C)C)n2C(O[SiH3])(c1ccccc1)c1ccccc1. The highest BCUT2D eigenvalue weighted by Crippen LogP contribution is 2.43. The van der Waals surface area contributed by atoms with E-state index in [0.29, 0.717) is 51.7 Å². The lowest BCUT2D eigenvalue weighted by atomic mass is 9.90. The van der Waals surface area contributed by atoms with Crippen LogP contribution >= 0.6 is 0 Å². The molecule has 1 aliphatic rings. The zero-order chi connectivity index (χ0) is 46.3. The van der Waals surface area contributed by atoms with Crippen molar-refractivity contribution in [2.75, 3.05) is 64.2 Å². The van der Waals surface area contributed by atoms with Crippen LogP contribution in [0.5, 0.6) is 11.5 Å². The summed E-state index contributed by atoms with van der Waals surface area (Å²) < 4.78 is 21.0. The lowest BCUT2D eigenvalue weighted by Gasteiger charge is -2.39. The number of fused-ring (bicyclic) bond motifs is 1. The third-order valence-corrected chi connectivity index (χ3v) is 12.8. The number of benzene rings is 5. The van der Waals surface area contributed by atoms with Crippen LogP contribution in [0.1, 0.15) is 89.7 Å². The number of anilines is 2. The van der Waals surface area contributed by atoms with Gasteiger partial charge in [-0.25, -0.2) is 4.98 Å². The first kappa shape index (κ1) is 46.7. The average Bonchev–Trinajstić information content (AvgIpc) is 3.73. The molecule has 7 rings (SSSR count). The van der Waals surface area contributed by atoms with Gasteiger partial charge < -0.3 is 33.9 Å². The van der Waals surface area contributed by atoms with Crippen molar-refractivity contribution in [1.82, 2.24) is 19.4 Å². The van der Waals surface area contributed by atoms with Crippen molar-refractivity contribution in [3.63, 3.8) is 0 Å². The van der Waals surface area contributed by atoms with Gasteiger partial charge in [-0.15, -0.1) is 0 Å². The molecular weight excluding hydrogens is 833 g/mol.